The minimum atomic E-state index is -3.33. The zero-order valence-electron chi connectivity index (χ0n) is 13.2. The van der Waals surface area contributed by atoms with Gasteiger partial charge in [0.15, 0.2) is 9.84 Å². The average molecular weight is 369 g/mol. The average Bonchev–Trinajstić information content (AvgIpc) is 2.53. The standard InChI is InChI=1S/C16H17ClN2O4S/c1-11(17)15(20)19-10-12-5-4-8-18-16(12)23-13-6-3-7-14(9-13)24(2,21)22/h3-9,11H,10H2,1-2H3,(H,19,20). The van der Waals surface area contributed by atoms with Crippen LogP contribution in [0.1, 0.15) is 12.5 Å². The van der Waals surface area contributed by atoms with E-state index in [0.29, 0.717) is 11.3 Å². The monoisotopic (exact) mass is 368 g/mol. The highest BCUT2D eigenvalue weighted by molar-refractivity contribution is 7.90. The number of sulfone groups is 1. The molecule has 24 heavy (non-hydrogen) atoms. The summed E-state index contributed by atoms with van der Waals surface area (Å²) < 4.78 is 28.9. The lowest BCUT2D eigenvalue weighted by Gasteiger charge is -2.12. The van der Waals surface area contributed by atoms with Gasteiger partial charge in [0.05, 0.1) is 4.90 Å². The minimum absolute atomic E-state index is 0.154. The van der Waals surface area contributed by atoms with Crippen molar-refractivity contribution in [3.8, 4) is 11.6 Å². The normalized spacial score (nSPS) is 12.5. The quantitative estimate of drug-likeness (QED) is 0.792. The molecule has 0 spiro atoms. The molecule has 0 saturated heterocycles. The van der Waals surface area contributed by atoms with Crippen molar-refractivity contribution >= 4 is 27.3 Å². The van der Waals surface area contributed by atoms with Crippen molar-refractivity contribution in [2.24, 2.45) is 0 Å². The van der Waals surface area contributed by atoms with Gasteiger partial charge in [-0.05, 0) is 31.2 Å². The molecule has 1 amide bonds. The number of hydrogen-bond acceptors (Lipinski definition) is 5. The van der Waals surface area contributed by atoms with Crippen molar-refractivity contribution in [2.45, 2.75) is 23.7 Å². The molecule has 8 heteroatoms. The Labute approximate surface area is 145 Å². The van der Waals surface area contributed by atoms with Gasteiger partial charge in [-0.2, -0.15) is 0 Å². The third-order valence-electron chi connectivity index (χ3n) is 3.11. The first-order valence-corrected chi connectivity index (χ1v) is 9.44. The fraction of sp³-hybridized carbons (Fsp3) is 0.250. The molecule has 0 radical (unpaired) electrons. The fourth-order valence-corrected chi connectivity index (χ4v) is 2.59. The molecule has 0 aliphatic rings. The first kappa shape index (κ1) is 18.2. The molecule has 0 saturated carbocycles. The fourth-order valence-electron chi connectivity index (χ4n) is 1.85. The van der Waals surface area contributed by atoms with Crippen molar-refractivity contribution in [3.63, 3.8) is 0 Å². The maximum Gasteiger partial charge on any atom is 0.238 e. The number of halogens is 1. The third kappa shape index (κ3) is 4.94. The molecule has 0 fully saturated rings. The van der Waals surface area contributed by atoms with Crippen molar-refractivity contribution in [1.29, 1.82) is 0 Å². The van der Waals surface area contributed by atoms with E-state index in [9.17, 15) is 13.2 Å². The van der Waals surface area contributed by atoms with Crippen LogP contribution in [0.2, 0.25) is 0 Å². The lowest BCUT2D eigenvalue weighted by Crippen LogP contribution is -2.29. The molecule has 1 heterocycles. The van der Waals surface area contributed by atoms with Crippen molar-refractivity contribution in [2.75, 3.05) is 6.26 Å². The van der Waals surface area contributed by atoms with Crippen LogP contribution in [0, 0.1) is 0 Å². The van der Waals surface area contributed by atoms with Crippen molar-refractivity contribution < 1.29 is 17.9 Å². The Morgan fingerprint density at radius 1 is 1.33 bits per heavy atom. The van der Waals surface area contributed by atoms with Crippen LogP contribution in [0.4, 0.5) is 0 Å². The van der Waals surface area contributed by atoms with Crippen LogP contribution in [0.5, 0.6) is 11.6 Å². The first-order valence-electron chi connectivity index (χ1n) is 7.11. The van der Waals surface area contributed by atoms with Gasteiger partial charge in [0.2, 0.25) is 11.8 Å². The van der Waals surface area contributed by atoms with Gasteiger partial charge in [0, 0.05) is 24.6 Å². The predicted molar refractivity (Wildman–Crippen MR) is 91.0 cm³/mol. The second-order valence-corrected chi connectivity index (χ2v) is 7.82. The van der Waals surface area contributed by atoms with Gasteiger partial charge < -0.3 is 10.1 Å². The number of benzene rings is 1. The summed E-state index contributed by atoms with van der Waals surface area (Å²) in [5.74, 6) is 0.325. The van der Waals surface area contributed by atoms with E-state index in [1.165, 1.54) is 12.1 Å². The van der Waals surface area contributed by atoms with Gasteiger partial charge >= 0.3 is 0 Å². The topological polar surface area (TPSA) is 85.4 Å². The number of nitrogens with zero attached hydrogens (tertiary/aromatic N) is 1. The number of carbonyl (C=O) groups is 1. The zero-order chi connectivity index (χ0) is 17.7. The summed E-state index contributed by atoms with van der Waals surface area (Å²) in [6, 6.07) is 9.60. The molecular formula is C16H17ClN2O4S. The van der Waals surface area contributed by atoms with Crippen LogP contribution >= 0.6 is 11.6 Å². The van der Waals surface area contributed by atoms with Gasteiger partial charge in [0.1, 0.15) is 11.1 Å². The molecule has 6 nitrogen and oxygen atoms in total. The molecule has 1 atom stereocenters. The Kier molecular flexibility index (Phi) is 5.80. The Morgan fingerprint density at radius 2 is 2.08 bits per heavy atom. The molecule has 2 aromatic rings. The highest BCUT2D eigenvalue weighted by Crippen LogP contribution is 2.25. The van der Waals surface area contributed by atoms with E-state index < -0.39 is 15.2 Å². The van der Waals surface area contributed by atoms with Crippen LogP contribution in [0.25, 0.3) is 0 Å². The summed E-state index contributed by atoms with van der Waals surface area (Å²) in [4.78, 5) is 15.9. The zero-order valence-corrected chi connectivity index (χ0v) is 14.8. The minimum Gasteiger partial charge on any atom is -0.439 e. The molecular weight excluding hydrogens is 352 g/mol. The maximum absolute atomic E-state index is 11.6. The second-order valence-electron chi connectivity index (χ2n) is 5.15. The Bertz CT molecular complexity index is 837. The number of aromatic nitrogens is 1. The number of nitrogens with one attached hydrogen (secondary N) is 1. The molecule has 0 bridgehead atoms. The van der Waals surface area contributed by atoms with Crippen molar-refractivity contribution in [1.82, 2.24) is 10.3 Å². The van der Waals surface area contributed by atoms with Gasteiger partial charge in [0.25, 0.3) is 0 Å². The van der Waals surface area contributed by atoms with E-state index in [1.54, 1.807) is 37.4 Å². The van der Waals surface area contributed by atoms with E-state index in [1.807, 2.05) is 0 Å². The van der Waals surface area contributed by atoms with E-state index in [-0.39, 0.29) is 23.2 Å². The summed E-state index contributed by atoms with van der Waals surface area (Å²) in [5.41, 5.74) is 0.646. The first-order chi connectivity index (χ1) is 11.3. The molecule has 0 aliphatic carbocycles. The SMILES string of the molecule is CC(Cl)C(=O)NCc1cccnc1Oc1cccc(S(C)(=O)=O)c1. The van der Waals surface area contributed by atoms with Gasteiger partial charge in [-0.25, -0.2) is 13.4 Å². The number of hydrogen-bond donors (Lipinski definition) is 1. The predicted octanol–water partition coefficient (Wildman–Crippen LogP) is 2.52. The van der Waals surface area contributed by atoms with Crippen molar-refractivity contribution in [3.05, 3.63) is 48.2 Å². The largest absolute Gasteiger partial charge is 0.439 e. The molecule has 1 aromatic carbocycles. The smallest absolute Gasteiger partial charge is 0.238 e. The number of rotatable bonds is 6. The second kappa shape index (κ2) is 7.63. The van der Waals surface area contributed by atoms with Crippen LogP contribution < -0.4 is 10.1 Å². The van der Waals surface area contributed by atoms with Crippen LogP contribution in [0.3, 0.4) is 0 Å². The highest BCUT2D eigenvalue weighted by Gasteiger charge is 2.13. The third-order valence-corrected chi connectivity index (χ3v) is 4.42. The van der Waals surface area contributed by atoms with E-state index in [2.05, 4.69) is 10.3 Å². The number of ether oxygens (including phenoxy) is 1. The summed E-state index contributed by atoms with van der Waals surface area (Å²) >= 11 is 5.71. The number of amides is 1. The van der Waals surface area contributed by atoms with E-state index in [4.69, 9.17) is 16.3 Å². The Balaban J connectivity index is 2.20. The Hall–Kier alpha value is -2.12. The maximum atomic E-state index is 11.6. The van der Waals surface area contributed by atoms with Gasteiger partial charge in [-0.3, -0.25) is 4.79 Å². The lowest BCUT2D eigenvalue weighted by atomic mass is 10.2. The molecule has 128 valence electrons. The summed E-state index contributed by atoms with van der Waals surface area (Å²) in [6.07, 6.45) is 2.67. The number of pyridine rings is 1. The highest BCUT2D eigenvalue weighted by atomic mass is 35.5. The molecule has 1 N–H and O–H groups in total. The van der Waals surface area contributed by atoms with Crippen LogP contribution in [-0.4, -0.2) is 30.9 Å². The molecule has 2 rings (SSSR count). The summed E-state index contributed by atoms with van der Waals surface area (Å²) in [6.45, 7) is 1.78. The van der Waals surface area contributed by atoms with Crippen LogP contribution in [-0.2, 0) is 21.2 Å². The molecule has 0 aliphatic heterocycles. The van der Waals surface area contributed by atoms with E-state index in [0.717, 1.165) is 6.26 Å². The molecule has 1 unspecified atom stereocenters. The van der Waals surface area contributed by atoms with E-state index >= 15 is 0 Å². The lowest BCUT2D eigenvalue weighted by molar-refractivity contribution is -0.120. The molecule has 1 aromatic heterocycles. The van der Waals surface area contributed by atoms with Gasteiger partial charge in [-0.15, -0.1) is 11.6 Å². The van der Waals surface area contributed by atoms with Gasteiger partial charge in [-0.1, -0.05) is 12.1 Å². The summed E-state index contributed by atoms with van der Waals surface area (Å²) in [5, 5.41) is 2.03. The Morgan fingerprint density at radius 3 is 2.75 bits per heavy atom. The van der Waals surface area contributed by atoms with Crippen LogP contribution in [0.15, 0.2) is 47.5 Å². The summed E-state index contributed by atoms with van der Waals surface area (Å²) in [7, 11) is -3.33. The number of carbonyl (C=O) groups excluding carboxylic acids is 1. The number of alkyl halides is 1.